The number of ketones is 1. The van der Waals surface area contributed by atoms with E-state index in [1.165, 1.54) is 54.5 Å². The summed E-state index contributed by atoms with van der Waals surface area (Å²) in [6.45, 7) is 1.60. The van der Waals surface area contributed by atoms with Gasteiger partial charge in [0.05, 0.1) is 18.8 Å². The zero-order chi connectivity index (χ0) is 28.8. The first-order chi connectivity index (χ1) is 19.2. The second-order valence-corrected chi connectivity index (χ2v) is 8.96. The van der Waals surface area contributed by atoms with Gasteiger partial charge in [0.25, 0.3) is 11.5 Å². The average Bonchev–Trinajstić information content (AvgIpc) is 2.98. The predicted octanol–water partition coefficient (Wildman–Crippen LogP) is 2.63. The molecule has 4 aromatic rings. The number of amides is 2. The van der Waals surface area contributed by atoms with Crippen molar-refractivity contribution in [3.05, 3.63) is 112 Å². The molecule has 11 heteroatoms. The van der Waals surface area contributed by atoms with Crippen LogP contribution in [0.4, 0.5) is 10.1 Å². The SMILES string of the molecule is CNC(=O)c1cccc(-c2ncc(NC(=O)[C@H](C)NC)c(=O)n2Cc2cncc(C(=O)c3ccc(F)cc3)c2)c1. The van der Waals surface area contributed by atoms with Crippen LogP contribution in [0.2, 0.25) is 0 Å². The Kier molecular flexibility index (Phi) is 8.55. The van der Waals surface area contributed by atoms with E-state index in [-0.39, 0.29) is 40.9 Å². The summed E-state index contributed by atoms with van der Waals surface area (Å²) in [5, 5.41) is 7.97. The van der Waals surface area contributed by atoms with Crippen molar-refractivity contribution >= 4 is 23.3 Å². The topological polar surface area (TPSA) is 135 Å². The fourth-order valence-electron chi connectivity index (χ4n) is 3.92. The normalized spacial score (nSPS) is 11.5. The molecule has 3 N–H and O–H groups in total. The molecule has 204 valence electrons. The maximum atomic E-state index is 13.6. The van der Waals surface area contributed by atoms with Crippen LogP contribution in [0.25, 0.3) is 11.4 Å². The van der Waals surface area contributed by atoms with Crippen molar-refractivity contribution in [1.29, 1.82) is 0 Å². The summed E-state index contributed by atoms with van der Waals surface area (Å²) in [5.74, 6) is -1.31. The van der Waals surface area contributed by atoms with Gasteiger partial charge in [-0.1, -0.05) is 12.1 Å². The molecule has 0 unspecified atom stereocenters. The van der Waals surface area contributed by atoms with Crippen LogP contribution in [-0.4, -0.2) is 52.3 Å². The number of anilines is 1. The molecule has 40 heavy (non-hydrogen) atoms. The van der Waals surface area contributed by atoms with Crippen LogP contribution < -0.4 is 21.5 Å². The van der Waals surface area contributed by atoms with Crippen LogP contribution in [0.5, 0.6) is 0 Å². The lowest BCUT2D eigenvalue weighted by Crippen LogP contribution is -2.38. The zero-order valence-corrected chi connectivity index (χ0v) is 22.1. The largest absolute Gasteiger partial charge is 0.355 e. The Morgan fingerprint density at radius 1 is 0.950 bits per heavy atom. The summed E-state index contributed by atoms with van der Waals surface area (Å²) in [6.07, 6.45) is 4.17. The van der Waals surface area contributed by atoms with Crippen molar-refractivity contribution in [2.75, 3.05) is 19.4 Å². The number of nitrogens with zero attached hydrogens (tertiary/aromatic N) is 3. The van der Waals surface area contributed by atoms with Crippen LogP contribution in [0.3, 0.4) is 0 Å². The van der Waals surface area contributed by atoms with E-state index in [9.17, 15) is 23.6 Å². The van der Waals surface area contributed by atoms with E-state index < -0.39 is 23.3 Å². The summed E-state index contributed by atoms with van der Waals surface area (Å²) in [7, 11) is 3.14. The summed E-state index contributed by atoms with van der Waals surface area (Å²) in [5.41, 5.74) is 1.33. The Bertz CT molecular complexity index is 1630. The molecule has 0 spiro atoms. The van der Waals surface area contributed by atoms with Crippen LogP contribution >= 0.6 is 0 Å². The number of halogens is 1. The zero-order valence-electron chi connectivity index (χ0n) is 22.1. The predicted molar refractivity (Wildman–Crippen MR) is 148 cm³/mol. The number of pyridine rings is 1. The lowest BCUT2D eigenvalue weighted by molar-refractivity contribution is -0.117. The van der Waals surface area contributed by atoms with Crippen molar-refractivity contribution in [1.82, 2.24) is 25.2 Å². The van der Waals surface area contributed by atoms with E-state index >= 15 is 0 Å². The molecule has 0 aliphatic heterocycles. The molecule has 0 bridgehead atoms. The third kappa shape index (κ3) is 6.16. The third-order valence-electron chi connectivity index (χ3n) is 6.25. The second-order valence-electron chi connectivity index (χ2n) is 8.96. The number of likely N-dealkylation sites (N-methyl/N-ethyl adjacent to an activating group) is 1. The van der Waals surface area contributed by atoms with Crippen molar-refractivity contribution < 1.29 is 18.8 Å². The Balaban J connectivity index is 1.78. The highest BCUT2D eigenvalue weighted by molar-refractivity contribution is 6.08. The Morgan fingerprint density at radius 3 is 2.40 bits per heavy atom. The molecule has 0 saturated heterocycles. The van der Waals surface area contributed by atoms with Crippen LogP contribution in [0.15, 0.2) is 78.0 Å². The number of carbonyl (C=O) groups excluding carboxylic acids is 3. The molecule has 2 aromatic carbocycles. The number of rotatable bonds is 9. The van der Waals surface area contributed by atoms with Gasteiger partial charge in [-0.05, 0) is 62.0 Å². The first-order valence-electron chi connectivity index (χ1n) is 12.4. The fraction of sp³-hybridized carbons (Fsp3) is 0.172. The van der Waals surface area contributed by atoms with Gasteiger partial charge in [0, 0.05) is 41.7 Å². The maximum Gasteiger partial charge on any atom is 0.277 e. The van der Waals surface area contributed by atoms with E-state index in [0.717, 1.165) is 0 Å². The van der Waals surface area contributed by atoms with Gasteiger partial charge in [0.2, 0.25) is 5.91 Å². The van der Waals surface area contributed by atoms with Gasteiger partial charge in [0.1, 0.15) is 17.3 Å². The number of hydrogen-bond acceptors (Lipinski definition) is 7. The molecule has 0 aliphatic carbocycles. The number of nitrogens with one attached hydrogen (secondary N) is 3. The van der Waals surface area contributed by atoms with E-state index in [2.05, 4.69) is 25.9 Å². The maximum absolute atomic E-state index is 13.6. The van der Waals surface area contributed by atoms with Crippen LogP contribution in [0, 0.1) is 5.82 Å². The minimum atomic E-state index is -0.560. The van der Waals surface area contributed by atoms with E-state index in [1.54, 1.807) is 44.3 Å². The lowest BCUT2D eigenvalue weighted by Gasteiger charge is -2.16. The summed E-state index contributed by atoms with van der Waals surface area (Å²) in [4.78, 5) is 60.0. The highest BCUT2D eigenvalue weighted by Crippen LogP contribution is 2.20. The molecule has 0 fully saturated rings. The Hall–Kier alpha value is -5.03. The van der Waals surface area contributed by atoms with Gasteiger partial charge in [-0.25, -0.2) is 9.37 Å². The second kappa shape index (κ2) is 12.2. The third-order valence-corrected chi connectivity index (χ3v) is 6.25. The standard InChI is InChI=1S/C29H27FN6O4/c1-17(31-2)27(38)35-24-15-34-26(20-5-4-6-21(12-20)28(39)32-3)36(29(24)40)16-18-11-22(14-33-13-18)25(37)19-7-9-23(30)10-8-19/h4-15,17,31H,16H2,1-3H3,(H,32,39)(H,35,38)/t17-/m0/s1. The monoisotopic (exact) mass is 542 g/mol. The average molecular weight is 543 g/mol. The van der Waals surface area contributed by atoms with Gasteiger partial charge < -0.3 is 16.0 Å². The van der Waals surface area contributed by atoms with Crippen molar-refractivity contribution in [2.45, 2.75) is 19.5 Å². The molecular weight excluding hydrogens is 515 g/mol. The number of aromatic nitrogens is 3. The van der Waals surface area contributed by atoms with E-state index in [0.29, 0.717) is 16.7 Å². The van der Waals surface area contributed by atoms with Crippen molar-refractivity contribution in [3.63, 3.8) is 0 Å². The lowest BCUT2D eigenvalue weighted by atomic mass is 10.0. The first kappa shape index (κ1) is 28.0. The highest BCUT2D eigenvalue weighted by Gasteiger charge is 2.19. The minimum absolute atomic E-state index is 0.0372. The van der Waals surface area contributed by atoms with Gasteiger partial charge in [0.15, 0.2) is 5.78 Å². The summed E-state index contributed by atoms with van der Waals surface area (Å²) in [6, 6.07) is 12.8. The molecule has 2 amide bonds. The Labute approximate surface area is 229 Å². The van der Waals surface area contributed by atoms with Gasteiger partial charge in [-0.2, -0.15) is 0 Å². The highest BCUT2D eigenvalue weighted by atomic mass is 19.1. The Morgan fingerprint density at radius 2 is 1.70 bits per heavy atom. The molecule has 4 rings (SSSR count). The molecule has 0 aliphatic rings. The van der Waals surface area contributed by atoms with Crippen molar-refractivity contribution in [3.8, 4) is 11.4 Å². The van der Waals surface area contributed by atoms with E-state index in [4.69, 9.17) is 0 Å². The molecule has 0 radical (unpaired) electrons. The fourth-order valence-corrected chi connectivity index (χ4v) is 3.92. The first-order valence-corrected chi connectivity index (χ1v) is 12.4. The minimum Gasteiger partial charge on any atom is -0.355 e. The van der Waals surface area contributed by atoms with Crippen molar-refractivity contribution in [2.24, 2.45) is 0 Å². The molecule has 10 nitrogen and oxygen atoms in total. The molecule has 0 saturated carbocycles. The quantitative estimate of drug-likeness (QED) is 0.277. The number of carbonyl (C=O) groups is 3. The summed E-state index contributed by atoms with van der Waals surface area (Å²) < 4.78 is 14.7. The molecule has 2 aromatic heterocycles. The van der Waals surface area contributed by atoms with Gasteiger partial charge >= 0.3 is 0 Å². The molecular formula is C29H27FN6O4. The van der Waals surface area contributed by atoms with Crippen LogP contribution in [0.1, 0.15) is 38.8 Å². The molecule has 1 atom stereocenters. The van der Waals surface area contributed by atoms with Gasteiger partial charge in [-0.15, -0.1) is 0 Å². The number of benzene rings is 2. The van der Waals surface area contributed by atoms with E-state index in [1.807, 2.05) is 0 Å². The smallest absolute Gasteiger partial charge is 0.277 e. The van der Waals surface area contributed by atoms with Gasteiger partial charge in [-0.3, -0.25) is 28.7 Å². The number of hydrogen-bond donors (Lipinski definition) is 3. The van der Waals surface area contributed by atoms with Crippen LogP contribution in [-0.2, 0) is 11.3 Å². The summed E-state index contributed by atoms with van der Waals surface area (Å²) >= 11 is 0. The molecule has 2 heterocycles.